The summed E-state index contributed by atoms with van der Waals surface area (Å²) >= 11 is 0. The molecule has 0 fully saturated rings. The minimum Gasteiger partial charge on any atom is -0.481 e. The van der Waals surface area contributed by atoms with Gasteiger partial charge in [-0.2, -0.15) is 0 Å². The molecule has 17 heavy (non-hydrogen) atoms. The normalized spacial score (nSPS) is 12.5. The van der Waals surface area contributed by atoms with Crippen molar-refractivity contribution in [1.82, 2.24) is 0 Å². The summed E-state index contributed by atoms with van der Waals surface area (Å²) in [6, 6.07) is 4.92. The molecule has 1 rings (SSSR count). The van der Waals surface area contributed by atoms with Gasteiger partial charge < -0.3 is 5.11 Å². The van der Waals surface area contributed by atoms with Crippen molar-refractivity contribution in [3.63, 3.8) is 0 Å². The Balaban J connectivity index is 2.73. The number of carbonyl (C=O) groups excluding carboxylic acids is 1. The van der Waals surface area contributed by atoms with E-state index in [1.807, 2.05) is 0 Å². The molecule has 0 bridgehead atoms. The second-order valence-electron chi connectivity index (χ2n) is 3.79. The van der Waals surface area contributed by atoms with Crippen LogP contribution < -0.4 is 0 Å². The number of Topliss-reactive ketones (excluding diaryl/α,β-unsaturated/α-hetero) is 1. The van der Waals surface area contributed by atoms with Crippen molar-refractivity contribution in [2.45, 2.75) is 19.8 Å². The number of ketones is 1. The van der Waals surface area contributed by atoms with Crippen LogP contribution in [-0.2, 0) is 4.79 Å². The first-order chi connectivity index (χ1) is 7.91. The van der Waals surface area contributed by atoms with E-state index in [9.17, 15) is 18.4 Å². The topological polar surface area (TPSA) is 54.4 Å². The zero-order valence-corrected chi connectivity index (χ0v) is 9.19. The molecule has 1 aromatic rings. The lowest BCUT2D eigenvalue weighted by Crippen LogP contribution is -2.14. The van der Waals surface area contributed by atoms with Gasteiger partial charge in [0.25, 0.3) is 6.43 Å². The second-order valence-corrected chi connectivity index (χ2v) is 3.79. The largest absolute Gasteiger partial charge is 0.481 e. The fraction of sp³-hybridized carbons (Fsp3) is 0.333. The molecule has 0 saturated heterocycles. The van der Waals surface area contributed by atoms with E-state index in [-0.39, 0.29) is 23.3 Å². The fourth-order valence-corrected chi connectivity index (χ4v) is 1.30. The predicted molar refractivity (Wildman–Crippen MR) is 57.1 cm³/mol. The Labute approximate surface area is 97.1 Å². The molecular weight excluding hydrogens is 230 g/mol. The van der Waals surface area contributed by atoms with Crippen molar-refractivity contribution in [3.8, 4) is 0 Å². The Bertz CT molecular complexity index is 412. The summed E-state index contributed by atoms with van der Waals surface area (Å²) in [4.78, 5) is 22.1. The first-order valence-corrected chi connectivity index (χ1v) is 5.06. The highest BCUT2D eigenvalue weighted by Gasteiger charge is 2.17. The molecule has 1 atom stereocenters. The summed E-state index contributed by atoms with van der Waals surface area (Å²) in [5.74, 6) is -2.19. The predicted octanol–water partition coefficient (Wildman–Crippen LogP) is 2.92. The lowest BCUT2D eigenvalue weighted by Gasteiger charge is -2.06. The molecule has 0 saturated carbocycles. The van der Waals surface area contributed by atoms with E-state index < -0.39 is 18.3 Å². The van der Waals surface area contributed by atoms with Crippen molar-refractivity contribution >= 4 is 11.8 Å². The molecular formula is C12H12F2O3. The third-order valence-electron chi connectivity index (χ3n) is 2.40. The Morgan fingerprint density at radius 3 is 2.18 bits per heavy atom. The number of halogens is 2. The number of carbonyl (C=O) groups is 2. The highest BCUT2D eigenvalue weighted by molar-refractivity contribution is 5.97. The number of hydrogen-bond acceptors (Lipinski definition) is 2. The van der Waals surface area contributed by atoms with Gasteiger partial charge in [0.05, 0.1) is 5.92 Å². The zero-order valence-electron chi connectivity index (χ0n) is 9.19. The number of hydrogen-bond donors (Lipinski definition) is 1. The Hall–Kier alpha value is -1.78. The number of aliphatic carboxylic acids is 1. The summed E-state index contributed by atoms with van der Waals surface area (Å²) in [6.45, 7) is 1.42. The smallest absolute Gasteiger partial charge is 0.306 e. The number of rotatable bonds is 5. The maximum absolute atomic E-state index is 12.3. The summed E-state index contributed by atoms with van der Waals surface area (Å²) in [5, 5.41) is 8.64. The molecule has 1 N–H and O–H groups in total. The number of carboxylic acid groups (broad SMARTS) is 1. The SMILES string of the molecule is CC(CC(=O)c1ccc(C(F)F)cc1)C(=O)O. The van der Waals surface area contributed by atoms with Crippen LogP contribution in [0.4, 0.5) is 8.78 Å². The van der Waals surface area contributed by atoms with Crippen molar-refractivity contribution in [1.29, 1.82) is 0 Å². The summed E-state index contributed by atoms with van der Waals surface area (Å²) in [7, 11) is 0. The highest BCUT2D eigenvalue weighted by Crippen LogP contribution is 2.19. The van der Waals surface area contributed by atoms with Gasteiger partial charge in [-0.25, -0.2) is 8.78 Å². The maximum Gasteiger partial charge on any atom is 0.306 e. The monoisotopic (exact) mass is 242 g/mol. The van der Waals surface area contributed by atoms with Crippen LogP contribution in [0.1, 0.15) is 35.7 Å². The van der Waals surface area contributed by atoms with Crippen LogP contribution in [0.5, 0.6) is 0 Å². The first-order valence-electron chi connectivity index (χ1n) is 5.06. The highest BCUT2D eigenvalue weighted by atomic mass is 19.3. The van der Waals surface area contributed by atoms with Gasteiger partial charge in [-0.05, 0) is 0 Å². The lowest BCUT2D eigenvalue weighted by atomic mass is 9.99. The average Bonchev–Trinajstić information content (AvgIpc) is 2.28. The molecule has 0 aliphatic heterocycles. The molecule has 92 valence electrons. The third kappa shape index (κ3) is 3.62. The van der Waals surface area contributed by atoms with Crippen LogP contribution in [0.25, 0.3) is 0 Å². The molecule has 3 nitrogen and oxygen atoms in total. The molecule has 1 unspecified atom stereocenters. The van der Waals surface area contributed by atoms with Crippen LogP contribution in [0.2, 0.25) is 0 Å². The van der Waals surface area contributed by atoms with Crippen molar-refractivity contribution in [3.05, 3.63) is 35.4 Å². The average molecular weight is 242 g/mol. The molecule has 0 heterocycles. The molecule has 5 heteroatoms. The van der Waals surface area contributed by atoms with Crippen molar-refractivity contribution in [2.24, 2.45) is 5.92 Å². The van der Waals surface area contributed by atoms with Gasteiger partial charge in [0.2, 0.25) is 0 Å². The number of benzene rings is 1. The Morgan fingerprint density at radius 2 is 1.76 bits per heavy atom. The van der Waals surface area contributed by atoms with E-state index in [4.69, 9.17) is 5.11 Å². The van der Waals surface area contributed by atoms with Gasteiger partial charge in [0.15, 0.2) is 5.78 Å². The molecule has 0 aromatic heterocycles. The van der Waals surface area contributed by atoms with Crippen LogP contribution in [0.3, 0.4) is 0 Å². The number of carboxylic acids is 1. The lowest BCUT2D eigenvalue weighted by molar-refractivity contribution is -0.141. The number of alkyl halides is 2. The Morgan fingerprint density at radius 1 is 1.24 bits per heavy atom. The minimum atomic E-state index is -2.57. The van der Waals surface area contributed by atoms with Crippen LogP contribution in [0, 0.1) is 5.92 Å². The van der Waals surface area contributed by atoms with E-state index in [1.54, 1.807) is 0 Å². The van der Waals surface area contributed by atoms with Gasteiger partial charge >= 0.3 is 5.97 Å². The molecule has 0 aliphatic carbocycles. The first kappa shape index (κ1) is 13.3. The Kier molecular flexibility index (Phi) is 4.31. The van der Waals surface area contributed by atoms with Crippen molar-refractivity contribution in [2.75, 3.05) is 0 Å². The second kappa shape index (κ2) is 5.52. The summed E-state index contributed by atoms with van der Waals surface area (Å²) in [6.07, 6.45) is -2.71. The molecule has 0 spiro atoms. The summed E-state index contributed by atoms with van der Waals surface area (Å²) < 4.78 is 24.5. The summed E-state index contributed by atoms with van der Waals surface area (Å²) in [5.41, 5.74) is 0.0929. The standard InChI is InChI=1S/C12H12F2O3/c1-7(12(16)17)6-10(15)8-2-4-9(5-3-8)11(13)14/h2-5,7,11H,6H2,1H3,(H,16,17). The van der Waals surface area contributed by atoms with E-state index >= 15 is 0 Å². The molecule has 1 aromatic carbocycles. The van der Waals surface area contributed by atoms with E-state index in [2.05, 4.69) is 0 Å². The van der Waals surface area contributed by atoms with Crippen LogP contribution in [0.15, 0.2) is 24.3 Å². The van der Waals surface area contributed by atoms with Gasteiger partial charge in [0.1, 0.15) is 0 Å². The molecule has 0 radical (unpaired) electrons. The molecule has 0 amide bonds. The molecule has 0 aliphatic rings. The van der Waals surface area contributed by atoms with Gasteiger partial charge in [0, 0.05) is 17.5 Å². The van der Waals surface area contributed by atoms with Gasteiger partial charge in [-0.3, -0.25) is 9.59 Å². The maximum atomic E-state index is 12.3. The van der Waals surface area contributed by atoms with Crippen LogP contribution >= 0.6 is 0 Å². The van der Waals surface area contributed by atoms with E-state index in [0.717, 1.165) is 0 Å². The third-order valence-corrected chi connectivity index (χ3v) is 2.40. The van der Waals surface area contributed by atoms with Gasteiger partial charge in [-0.15, -0.1) is 0 Å². The van der Waals surface area contributed by atoms with E-state index in [1.165, 1.54) is 31.2 Å². The van der Waals surface area contributed by atoms with Crippen LogP contribution in [-0.4, -0.2) is 16.9 Å². The quantitative estimate of drug-likeness (QED) is 0.807. The van der Waals surface area contributed by atoms with E-state index in [0.29, 0.717) is 0 Å². The zero-order chi connectivity index (χ0) is 13.0. The fourth-order valence-electron chi connectivity index (χ4n) is 1.30. The van der Waals surface area contributed by atoms with Crippen molar-refractivity contribution < 1.29 is 23.5 Å². The van der Waals surface area contributed by atoms with Gasteiger partial charge in [-0.1, -0.05) is 31.2 Å². The minimum absolute atomic E-state index is 0.136.